The van der Waals surface area contributed by atoms with Crippen molar-refractivity contribution in [2.45, 2.75) is 33.3 Å². The lowest BCUT2D eigenvalue weighted by molar-refractivity contribution is 0.0546. The monoisotopic (exact) mass is 199 g/mol. The summed E-state index contributed by atoms with van der Waals surface area (Å²) in [5.74, 6) is 0. The molecule has 0 aliphatic heterocycles. The van der Waals surface area contributed by atoms with Crippen LogP contribution >= 0.6 is 0 Å². The highest BCUT2D eigenvalue weighted by Gasteiger charge is 2.16. The number of nitrogens with one attached hydrogen (secondary N) is 1. The van der Waals surface area contributed by atoms with Gasteiger partial charge in [0.1, 0.15) is 11.9 Å². The number of amides is 1. The smallest absolute Gasteiger partial charge is 0.412 e. The van der Waals surface area contributed by atoms with Crippen LogP contribution in [0.4, 0.5) is 4.79 Å². The fourth-order valence-electron chi connectivity index (χ4n) is 0.718. The van der Waals surface area contributed by atoms with Crippen molar-refractivity contribution in [3.63, 3.8) is 0 Å². The summed E-state index contributed by atoms with van der Waals surface area (Å²) in [6, 6.07) is 0. The number of allylic oxidation sites excluding steroid dienone is 2. The zero-order chi connectivity index (χ0) is 11.2. The van der Waals surface area contributed by atoms with E-state index in [1.54, 1.807) is 39.8 Å². The van der Waals surface area contributed by atoms with Gasteiger partial charge in [0.15, 0.2) is 0 Å². The number of rotatable bonds is 2. The third-order valence-electron chi connectivity index (χ3n) is 1.13. The van der Waals surface area contributed by atoms with Gasteiger partial charge in [0.2, 0.25) is 0 Å². The highest BCUT2D eigenvalue weighted by Crippen LogP contribution is 2.07. The van der Waals surface area contributed by atoms with Crippen molar-refractivity contribution >= 4 is 6.09 Å². The molecule has 0 aliphatic rings. The molecule has 0 heterocycles. The Balaban J connectivity index is 4.19. The molecule has 80 valence electrons. The summed E-state index contributed by atoms with van der Waals surface area (Å²) in [6.07, 6.45) is 3.48. The lowest BCUT2D eigenvalue weighted by Gasteiger charge is -2.19. The lowest BCUT2D eigenvalue weighted by atomic mass is 10.2. The van der Waals surface area contributed by atoms with Gasteiger partial charge in [0, 0.05) is 0 Å². The highest BCUT2D eigenvalue weighted by atomic mass is 16.6. The van der Waals surface area contributed by atoms with E-state index in [1.807, 2.05) is 0 Å². The zero-order valence-electron chi connectivity index (χ0n) is 9.00. The fourth-order valence-corrected chi connectivity index (χ4v) is 0.718. The van der Waals surface area contributed by atoms with Gasteiger partial charge in [0.25, 0.3) is 0 Å². The Morgan fingerprint density at radius 3 is 2.36 bits per heavy atom. The predicted molar refractivity (Wildman–Crippen MR) is 54.9 cm³/mol. The second kappa shape index (κ2) is 5.32. The fraction of sp³-hybridized carbons (Fsp3) is 0.500. The van der Waals surface area contributed by atoms with E-state index in [-0.39, 0.29) is 0 Å². The Bertz CT molecular complexity index is 249. The normalized spacial score (nSPS) is 13.0. The van der Waals surface area contributed by atoms with Gasteiger partial charge >= 0.3 is 6.09 Å². The Labute approximate surface area is 84.3 Å². The predicted octanol–water partition coefficient (Wildman–Crippen LogP) is 2.49. The van der Waals surface area contributed by atoms with Crippen molar-refractivity contribution in [2.75, 3.05) is 0 Å². The maximum Gasteiger partial charge on any atom is 0.412 e. The molecule has 0 saturated carbocycles. The number of carbonyl (C=O) groups excluding carboxylic acids is 1. The number of hydrogen-bond donors (Lipinski definition) is 2. The second-order valence-corrected chi connectivity index (χ2v) is 3.71. The van der Waals surface area contributed by atoms with Gasteiger partial charge in [-0.25, -0.2) is 4.79 Å². The Kier molecular flexibility index (Phi) is 4.77. The largest absolute Gasteiger partial charge is 0.513 e. The van der Waals surface area contributed by atoms with E-state index in [0.29, 0.717) is 5.70 Å². The Hall–Kier alpha value is -1.45. The first-order chi connectivity index (χ1) is 6.39. The van der Waals surface area contributed by atoms with E-state index in [1.165, 1.54) is 0 Å². The van der Waals surface area contributed by atoms with Crippen LogP contribution in [-0.2, 0) is 4.74 Å². The topological polar surface area (TPSA) is 58.6 Å². The summed E-state index contributed by atoms with van der Waals surface area (Å²) < 4.78 is 4.98. The summed E-state index contributed by atoms with van der Waals surface area (Å²) in [5.41, 5.74) is -0.248. The van der Waals surface area contributed by atoms with Crippen molar-refractivity contribution in [2.24, 2.45) is 0 Å². The molecule has 0 aliphatic carbocycles. The minimum absolute atomic E-state index is 0.293. The van der Waals surface area contributed by atoms with E-state index in [2.05, 4.69) is 5.32 Å². The van der Waals surface area contributed by atoms with Gasteiger partial charge in [-0.05, 0) is 33.8 Å². The summed E-state index contributed by atoms with van der Waals surface area (Å²) >= 11 is 0. The van der Waals surface area contributed by atoms with E-state index < -0.39 is 11.7 Å². The van der Waals surface area contributed by atoms with Crippen LogP contribution in [0.15, 0.2) is 24.1 Å². The highest BCUT2D eigenvalue weighted by molar-refractivity contribution is 5.70. The molecule has 4 nitrogen and oxygen atoms in total. The van der Waals surface area contributed by atoms with Crippen molar-refractivity contribution in [3.8, 4) is 0 Å². The lowest BCUT2D eigenvalue weighted by Crippen LogP contribution is -2.31. The van der Waals surface area contributed by atoms with Gasteiger partial charge in [-0.1, -0.05) is 6.08 Å². The summed E-state index contributed by atoms with van der Waals surface area (Å²) in [7, 11) is 0. The molecule has 0 saturated heterocycles. The Morgan fingerprint density at radius 2 is 2.00 bits per heavy atom. The van der Waals surface area contributed by atoms with Gasteiger partial charge < -0.3 is 9.84 Å². The third kappa shape index (κ3) is 6.11. The minimum Gasteiger partial charge on any atom is -0.513 e. The molecule has 0 unspecified atom stereocenters. The summed E-state index contributed by atoms with van der Waals surface area (Å²) in [5, 5.41) is 11.1. The molecule has 0 aromatic heterocycles. The standard InChI is InChI=1S/C10H17NO3/c1-5-6-8(7-12)11-9(13)14-10(2,3)4/h5-7,12H,1-4H3,(H,11,13)/b6-5-,8-7+. The number of ether oxygens (including phenoxy) is 1. The minimum atomic E-state index is -0.587. The van der Waals surface area contributed by atoms with E-state index in [9.17, 15) is 4.79 Å². The molecule has 0 aromatic rings. The van der Waals surface area contributed by atoms with Gasteiger partial charge in [-0.2, -0.15) is 0 Å². The van der Waals surface area contributed by atoms with Crippen LogP contribution < -0.4 is 5.32 Å². The van der Waals surface area contributed by atoms with E-state index in [0.717, 1.165) is 6.26 Å². The van der Waals surface area contributed by atoms with E-state index >= 15 is 0 Å². The molecule has 0 bridgehead atoms. The maximum atomic E-state index is 11.2. The number of carbonyl (C=O) groups is 1. The molecular weight excluding hydrogens is 182 g/mol. The molecule has 14 heavy (non-hydrogen) atoms. The molecule has 0 rings (SSSR count). The van der Waals surface area contributed by atoms with Crippen LogP contribution in [0, 0.1) is 0 Å². The maximum absolute atomic E-state index is 11.2. The van der Waals surface area contributed by atoms with Crippen LogP contribution in [0.5, 0.6) is 0 Å². The summed E-state index contributed by atoms with van der Waals surface area (Å²) in [6.45, 7) is 7.08. The molecule has 0 radical (unpaired) electrons. The molecule has 0 spiro atoms. The van der Waals surface area contributed by atoms with Crippen molar-refractivity contribution in [1.29, 1.82) is 0 Å². The summed E-state index contributed by atoms with van der Waals surface area (Å²) in [4.78, 5) is 11.2. The first kappa shape index (κ1) is 12.6. The van der Waals surface area contributed by atoms with Gasteiger partial charge in [-0.15, -0.1) is 0 Å². The van der Waals surface area contributed by atoms with Gasteiger partial charge in [-0.3, -0.25) is 5.32 Å². The van der Waals surface area contributed by atoms with Crippen LogP contribution in [0.2, 0.25) is 0 Å². The first-order valence-corrected chi connectivity index (χ1v) is 4.36. The SMILES string of the molecule is C/C=C\C(=C/O)NC(=O)OC(C)(C)C. The van der Waals surface area contributed by atoms with Gasteiger partial charge in [0.05, 0.1) is 5.70 Å². The molecular formula is C10H17NO3. The number of aliphatic hydroxyl groups excluding tert-OH is 1. The molecule has 0 aromatic carbocycles. The van der Waals surface area contributed by atoms with Crippen molar-refractivity contribution in [3.05, 3.63) is 24.1 Å². The molecule has 4 heteroatoms. The number of hydrogen-bond acceptors (Lipinski definition) is 3. The zero-order valence-corrected chi connectivity index (χ0v) is 9.00. The van der Waals surface area contributed by atoms with Crippen LogP contribution in [0.1, 0.15) is 27.7 Å². The average Bonchev–Trinajstić information content (AvgIpc) is 2.00. The van der Waals surface area contributed by atoms with Crippen LogP contribution in [-0.4, -0.2) is 16.8 Å². The Morgan fingerprint density at radius 1 is 1.43 bits per heavy atom. The molecule has 2 N–H and O–H groups in total. The third-order valence-corrected chi connectivity index (χ3v) is 1.13. The second-order valence-electron chi connectivity index (χ2n) is 3.71. The quantitative estimate of drug-likeness (QED) is 0.530. The van der Waals surface area contributed by atoms with Crippen LogP contribution in [0.3, 0.4) is 0 Å². The molecule has 0 fully saturated rings. The number of alkyl carbamates (subject to hydrolysis) is 1. The molecule has 1 amide bonds. The van der Waals surface area contributed by atoms with Crippen molar-refractivity contribution < 1.29 is 14.6 Å². The average molecular weight is 199 g/mol. The van der Waals surface area contributed by atoms with E-state index in [4.69, 9.17) is 9.84 Å². The van der Waals surface area contributed by atoms with Crippen LogP contribution in [0.25, 0.3) is 0 Å². The first-order valence-electron chi connectivity index (χ1n) is 4.36. The number of aliphatic hydroxyl groups is 1. The van der Waals surface area contributed by atoms with Crippen molar-refractivity contribution in [1.82, 2.24) is 5.32 Å². The molecule has 0 atom stereocenters.